The Labute approximate surface area is 198 Å². The Bertz CT molecular complexity index is 883. The van der Waals surface area contributed by atoms with Gasteiger partial charge in [-0.2, -0.15) is 0 Å². The number of hydrogen-bond acceptors (Lipinski definition) is 2. The van der Waals surface area contributed by atoms with Gasteiger partial charge in [-0.05, 0) is 48.6 Å². The van der Waals surface area contributed by atoms with Gasteiger partial charge in [0.2, 0.25) is 11.8 Å². The molecule has 2 aromatic rings. The van der Waals surface area contributed by atoms with Crippen molar-refractivity contribution in [2.75, 3.05) is 12.4 Å². The molecule has 1 atom stereocenters. The molecule has 3 rings (SSSR count). The highest BCUT2D eigenvalue weighted by molar-refractivity contribution is 6.31. The monoisotopic (exact) mass is 480 g/mol. The smallest absolute Gasteiger partial charge is 0.247 e. The number of alkyl halides is 1. The second kappa shape index (κ2) is 11.8. The molecule has 2 amide bonds. The molecule has 0 saturated heterocycles. The summed E-state index contributed by atoms with van der Waals surface area (Å²) in [5, 5.41) is 4.37. The lowest BCUT2D eigenvalue weighted by molar-refractivity contribution is -0.139. The Morgan fingerprint density at radius 3 is 2.32 bits per heavy atom. The molecular weight excluding hydrogens is 455 g/mol. The predicted molar refractivity (Wildman–Crippen MR) is 127 cm³/mol. The predicted octanol–water partition coefficient (Wildman–Crippen LogP) is 5.79. The lowest BCUT2D eigenvalue weighted by Gasteiger charge is -2.33. The van der Waals surface area contributed by atoms with Crippen LogP contribution >= 0.6 is 34.8 Å². The van der Waals surface area contributed by atoms with Gasteiger partial charge in [0.15, 0.2) is 0 Å². The SMILES string of the molecule is O=C(NC1CCCCC1)[C@H](c1ccc(Cl)cc1)N(CCc1ccccc1Cl)C(=O)CCl. The number of nitrogens with zero attached hydrogens (tertiary/aromatic N) is 1. The van der Waals surface area contributed by atoms with Crippen molar-refractivity contribution in [3.8, 4) is 0 Å². The quantitative estimate of drug-likeness (QED) is 0.485. The molecule has 0 unspecified atom stereocenters. The molecule has 4 nitrogen and oxygen atoms in total. The number of halogens is 3. The summed E-state index contributed by atoms with van der Waals surface area (Å²) in [4.78, 5) is 27.8. The summed E-state index contributed by atoms with van der Waals surface area (Å²) < 4.78 is 0. The molecule has 2 aromatic carbocycles. The van der Waals surface area contributed by atoms with Crippen molar-refractivity contribution in [3.63, 3.8) is 0 Å². The van der Waals surface area contributed by atoms with E-state index in [-0.39, 0.29) is 23.7 Å². The van der Waals surface area contributed by atoms with Crippen LogP contribution in [0.3, 0.4) is 0 Å². The van der Waals surface area contributed by atoms with E-state index >= 15 is 0 Å². The van der Waals surface area contributed by atoms with Gasteiger partial charge in [0.25, 0.3) is 0 Å². The van der Waals surface area contributed by atoms with Crippen molar-refractivity contribution in [2.24, 2.45) is 0 Å². The van der Waals surface area contributed by atoms with E-state index in [4.69, 9.17) is 34.8 Å². The van der Waals surface area contributed by atoms with Gasteiger partial charge in [-0.15, -0.1) is 11.6 Å². The van der Waals surface area contributed by atoms with Crippen LogP contribution in [0.15, 0.2) is 48.5 Å². The molecule has 1 aliphatic carbocycles. The summed E-state index contributed by atoms with van der Waals surface area (Å²) in [6.07, 6.45) is 5.84. The number of nitrogens with one attached hydrogen (secondary N) is 1. The van der Waals surface area contributed by atoms with E-state index in [0.717, 1.165) is 31.2 Å². The lowest BCUT2D eigenvalue weighted by atomic mass is 9.94. The molecule has 1 N–H and O–H groups in total. The number of carbonyl (C=O) groups is 2. The molecule has 1 fully saturated rings. The molecule has 1 saturated carbocycles. The van der Waals surface area contributed by atoms with E-state index in [0.29, 0.717) is 28.6 Å². The molecule has 0 aliphatic heterocycles. The molecule has 0 radical (unpaired) electrons. The average Bonchev–Trinajstić information content (AvgIpc) is 2.78. The van der Waals surface area contributed by atoms with E-state index in [9.17, 15) is 9.59 Å². The first-order valence-electron chi connectivity index (χ1n) is 10.6. The standard InChI is InChI=1S/C24H27Cl3N2O2/c25-16-22(30)29(15-14-17-6-4-5-9-21(17)27)23(18-10-12-19(26)13-11-18)24(31)28-20-7-2-1-3-8-20/h4-6,9-13,20,23H,1-3,7-8,14-16H2,(H,28,31)/t23-/m0/s1. The van der Waals surface area contributed by atoms with Crippen LogP contribution in [0, 0.1) is 0 Å². The first-order valence-corrected chi connectivity index (χ1v) is 11.9. The zero-order valence-electron chi connectivity index (χ0n) is 17.3. The summed E-state index contributed by atoms with van der Waals surface area (Å²) in [5.41, 5.74) is 1.62. The van der Waals surface area contributed by atoms with Gasteiger partial charge in [-0.3, -0.25) is 9.59 Å². The van der Waals surface area contributed by atoms with Crippen molar-refractivity contribution in [1.29, 1.82) is 0 Å². The second-order valence-corrected chi connectivity index (χ2v) is 8.97. The van der Waals surface area contributed by atoms with Crippen molar-refractivity contribution < 1.29 is 9.59 Å². The van der Waals surface area contributed by atoms with Crippen LogP contribution in [-0.2, 0) is 16.0 Å². The molecule has 0 heterocycles. The number of rotatable bonds is 8. The first kappa shape index (κ1) is 23.9. The van der Waals surface area contributed by atoms with Gasteiger partial charge < -0.3 is 10.2 Å². The molecule has 31 heavy (non-hydrogen) atoms. The Hall–Kier alpha value is -1.75. The van der Waals surface area contributed by atoms with E-state index < -0.39 is 6.04 Å². The third-order valence-corrected chi connectivity index (χ3v) is 6.56. The van der Waals surface area contributed by atoms with E-state index in [1.807, 2.05) is 24.3 Å². The van der Waals surface area contributed by atoms with Crippen molar-refractivity contribution >= 4 is 46.6 Å². The fourth-order valence-electron chi connectivity index (χ4n) is 4.06. The average molecular weight is 482 g/mol. The fourth-order valence-corrected chi connectivity index (χ4v) is 4.57. The van der Waals surface area contributed by atoms with Crippen LogP contribution in [0.2, 0.25) is 10.0 Å². The van der Waals surface area contributed by atoms with Crippen molar-refractivity contribution in [1.82, 2.24) is 10.2 Å². The first-order chi connectivity index (χ1) is 15.0. The second-order valence-electron chi connectivity index (χ2n) is 7.86. The molecular formula is C24H27Cl3N2O2. The van der Waals surface area contributed by atoms with Crippen molar-refractivity contribution in [3.05, 3.63) is 69.7 Å². The van der Waals surface area contributed by atoms with Crippen molar-refractivity contribution in [2.45, 2.75) is 50.6 Å². The maximum absolute atomic E-state index is 13.4. The van der Waals surface area contributed by atoms with Crippen LogP contribution in [0.1, 0.15) is 49.3 Å². The van der Waals surface area contributed by atoms with Gasteiger partial charge >= 0.3 is 0 Å². The third-order valence-electron chi connectivity index (χ3n) is 5.71. The number of carbonyl (C=O) groups excluding carboxylic acids is 2. The maximum Gasteiger partial charge on any atom is 0.247 e. The van der Waals surface area contributed by atoms with Gasteiger partial charge in [-0.25, -0.2) is 0 Å². The van der Waals surface area contributed by atoms with Crippen LogP contribution in [0.4, 0.5) is 0 Å². The van der Waals surface area contributed by atoms with Gasteiger partial charge in [0.1, 0.15) is 11.9 Å². The molecule has 0 spiro atoms. The van der Waals surface area contributed by atoms with Gasteiger partial charge in [0.05, 0.1) is 0 Å². The minimum absolute atomic E-state index is 0.132. The largest absolute Gasteiger partial charge is 0.351 e. The Balaban J connectivity index is 1.88. The Morgan fingerprint density at radius 1 is 1.00 bits per heavy atom. The molecule has 0 aromatic heterocycles. The zero-order chi connectivity index (χ0) is 22.2. The highest BCUT2D eigenvalue weighted by atomic mass is 35.5. The van der Waals surface area contributed by atoms with Crippen LogP contribution in [-0.4, -0.2) is 35.2 Å². The van der Waals surface area contributed by atoms with E-state index in [1.165, 1.54) is 6.42 Å². The highest BCUT2D eigenvalue weighted by Gasteiger charge is 2.32. The molecule has 7 heteroatoms. The highest BCUT2D eigenvalue weighted by Crippen LogP contribution is 2.26. The Morgan fingerprint density at radius 2 is 1.68 bits per heavy atom. The zero-order valence-corrected chi connectivity index (χ0v) is 19.6. The minimum Gasteiger partial charge on any atom is -0.351 e. The summed E-state index contributed by atoms with van der Waals surface area (Å²) in [5.74, 6) is -0.692. The van der Waals surface area contributed by atoms with Gasteiger partial charge in [-0.1, -0.05) is 72.8 Å². The minimum atomic E-state index is -0.784. The normalized spacial score (nSPS) is 15.3. The summed E-state index contributed by atoms with van der Waals surface area (Å²) >= 11 is 18.3. The fraction of sp³-hybridized carbons (Fsp3) is 0.417. The van der Waals surface area contributed by atoms with Crippen LogP contribution in [0.5, 0.6) is 0 Å². The topological polar surface area (TPSA) is 49.4 Å². The van der Waals surface area contributed by atoms with E-state index in [2.05, 4.69) is 5.32 Å². The molecule has 0 bridgehead atoms. The lowest BCUT2D eigenvalue weighted by Crippen LogP contribution is -2.48. The summed E-state index contributed by atoms with van der Waals surface area (Å²) in [6, 6.07) is 13.9. The summed E-state index contributed by atoms with van der Waals surface area (Å²) in [7, 11) is 0. The molecule has 166 valence electrons. The number of benzene rings is 2. The molecule has 1 aliphatic rings. The van der Waals surface area contributed by atoms with Gasteiger partial charge in [0, 0.05) is 22.6 Å². The van der Waals surface area contributed by atoms with Crippen LogP contribution in [0.25, 0.3) is 0 Å². The number of amides is 2. The van der Waals surface area contributed by atoms with E-state index in [1.54, 1.807) is 29.2 Å². The third kappa shape index (κ3) is 6.61. The Kier molecular flexibility index (Phi) is 9.06. The maximum atomic E-state index is 13.4. The number of hydrogen-bond donors (Lipinski definition) is 1. The van der Waals surface area contributed by atoms with Crippen LogP contribution < -0.4 is 5.32 Å². The summed E-state index contributed by atoms with van der Waals surface area (Å²) in [6.45, 7) is 0.320.